The van der Waals surface area contributed by atoms with Gasteiger partial charge in [0.1, 0.15) is 5.60 Å². The number of sulfonamides is 1. The van der Waals surface area contributed by atoms with Crippen LogP contribution in [0.3, 0.4) is 0 Å². The number of hydrogen-bond acceptors (Lipinski definition) is 6. The quantitative estimate of drug-likeness (QED) is 0.313. The second kappa shape index (κ2) is 14.1. The number of thioether (sulfide) groups is 1. The highest BCUT2D eigenvalue weighted by Crippen LogP contribution is 2.34. The van der Waals surface area contributed by atoms with Crippen LogP contribution < -0.4 is 10.0 Å². The van der Waals surface area contributed by atoms with Crippen LogP contribution in [0, 0.1) is 0 Å². The van der Waals surface area contributed by atoms with E-state index < -0.39 is 21.7 Å². The molecule has 226 valence electrons. The highest BCUT2D eigenvalue weighted by Gasteiger charge is 2.39. The largest absolute Gasteiger partial charge is 0.444 e. The molecule has 0 radical (unpaired) electrons. The van der Waals surface area contributed by atoms with Crippen LogP contribution in [0.2, 0.25) is 0 Å². The first-order valence-electron chi connectivity index (χ1n) is 14.2. The fourth-order valence-corrected chi connectivity index (χ4v) is 7.46. The molecule has 2 unspecified atom stereocenters. The first-order chi connectivity index (χ1) is 19.1. The third kappa shape index (κ3) is 11.0. The Kier molecular flexibility index (Phi) is 11.3. The Morgan fingerprint density at radius 2 is 1.54 bits per heavy atom. The van der Waals surface area contributed by atoms with Crippen LogP contribution in [0.25, 0.3) is 11.1 Å². The molecule has 1 heterocycles. The molecule has 0 saturated carbocycles. The molecule has 2 aromatic carbocycles. The topological polar surface area (TPSA) is 105 Å². The van der Waals surface area contributed by atoms with Gasteiger partial charge in [0.15, 0.2) is 0 Å². The van der Waals surface area contributed by atoms with Gasteiger partial charge in [-0.2, -0.15) is 0 Å². The van der Waals surface area contributed by atoms with Gasteiger partial charge in [-0.05, 0) is 56.9 Å². The summed E-state index contributed by atoms with van der Waals surface area (Å²) in [5.41, 5.74) is 1.44. The van der Waals surface area contributed by atoms with Gasteiger partial charge in [-0.15, -0.1) is 11.8 Å². The maximum atomic E-state index is 13.4. The lowest BCUT2D eigenvalue weighted by molar-refractivity contribution is -0.130. The number of carbonyl (C=O) groups excluding carboxylic acids is 2. The molecule has 1 fully saturated rings. The van der Waals surface area contributed by atoms with Crippen molar-refractivity contribution in [3.8, 4) is 11.1 Å². The van der Waals surface area contributed by atoms with Crippen molar-refractivity contribution in [1.29, 1.82) is 0 Å². The zero-order chi connectivity index (χ0) is 30.3. The van der Waals surface area contributed by atoms with Gasteiger partial charge < -0.3 is 15.0 Å². The van der Waals surface area contributed by atoms with Crippen LogP contribution in [0.1, 0.15) is 67.2 Å². The monoisotopic (exact) mass is 603 g/mol. The molecule has 0 aromatic heterocycles. The van der Waals surface area contributed by atoms with E-state index >= 15 is 0 Å². The molecule has 0 aliphatic carbocycles. The average Bonchev–Trinajstić information content (AvgIpc) is 3.25. The number of amides is 2. The van der Waals surface area contributed by atoms with Gasteiger partial charge in [-0.1, -0.05) is 69.7 Å². The van der Waals surface area contributed by atoms with Crippen LogP contribution in [-0.4, -0.2) is 66.6 Å². The highest BCUT2D eigenvalue weighted by molar-refractivity contribution is 8.01. The number of carbonyl (C=O) groups is 2. The molecule has 1 aliphatic heterocycles. The van der Waals surface area contributed by atoms with E-state index in [0.717, 1.165) is 24.0 Å². The molecule has 3 rings (SSSR count). The Labute approximate surface area is 250 Å². The lowest BCUT2D eigenvalue weighted by Crippen LogP contribution is -2.43. The minimum atomic E-state index is -3.77. The highest BCUT2D eigenvalue weighted by atomic mass is 32.2. The molecule has 1 aliphatic rings. The van der Waals surface area contributed by atoms with E-state index in [4.69, 9.17) is 4.74 Å². The van der Waals surface area contributed by atoms with Crippen molar-refractivity contribution in [1.82, 2.24) is 14.9 Å². The van der Waals surface area contributed by atoms with E-state index in [0.29, 0.717) is 32.5 Å². The standard InChI is InChI=1S/C31H45N3O5S2/c1-30(2,3)39-29(36)32-20-12-8-11-15-28(35)34-21-26(27(22-34)40-31(4,5)6)33-41(37,38)25-18-16-24(17-19-25)23-13-9-7-10-14-23/h7,9-10,13-14,16-19,26-27,33H,8,11-12,15,20-22H2,1-6H3,(H,32,36). The van der Waals surface area contributed by atoms with E-state index in [2.05, 4.69) is 30.8 Å². The molecule has 0 spiro atoms. The predicted octanol–water partition coefficient (Wildman–Crippen LogP) is 5.83. The van der Waals surface area contributed by atoms with Gasteiger partial charge in [0.05, 0.1) is 10.9 Å². The molecule has 2 N–H and O–H groups in total. The Bertz CT molecular complexity index is 1250. The summed E-state index contributed by atoms with van der Waals surface area (Å²) >= 11 is 1.70. The summed E-state index contributed by atoms with van der Waals surface area (Å²) in [6, 6.07) is 16.3. The molecule has 41 heavy (non-hydrogen) atoms. The van der Waals surface area contributed by atoms with Gasteiger partial charge in [-0.3, -0.25) is 4.79 Å². The maximum absolute atomic E-state index is 13.4. The van der Waals surface area contributed by atoms with Crippen LogP contribution in [0.15, 0.2) is 59.5 Å². The summed E-state index contributed by atoms with van der Waals surface area (Å²) in [6.07, 6.45) is 2.20. The summed E-state index contributed by atoms with van der Waals surface area (Å²) in [5, 5.41) is 2.68. The van der Waals surface area contributed by atoms with E-state index in [1.54, 1.807) is 28.8 Å². The molecule has 2 atom stereocenters. The molecule has 8 nitrogen and oxygen atoms in total. The number of rotatable bonds is 11. The van der Waals surface area contributed by atoms with Crippen molar-refractivity contribution >= 4 is 33.8 Å². The molecule has 0 bridgehead atoms. The fourth-order valence-electron chi connectivity index (χ4n) is 4.63. The van der Waals surface area contributed by atoms with E-state index in [9.17, 15) is 18.0 Å². The number of nitrogens with one attached hydrogen (secondary N) is 2. The third-order valence-corrected chi connectivity index (χ3v) is 9.43. The van der Waals surface area contributed by atoms with E-state index in [1.165, 1.54) is 0 Å². The number of unbranched alkanes of at least 4 members (excludes halogenated alkanes) is 2. The SMILES string of the molecule is CC(C)(C)OC(=O)NCCCCCC(=O)N1CC(NS(=O)(=O)c2ccc(-c3ccccc3)cc2)C(SC(C)(C)C)C1. The van der Waals surface area contributed by atoms with Crippen molar-refractivity contribution in [3.63, 3.8) is 0 Å². The number of likely N-dealkylation sites (tertiary alicyclic amines) is 1. The Morgan fingerprint density at radius 1 is 0.902 bits per heavy atom. The lowest BCUT2D eigenvalue weighted by atomic mass is 10.1. The van der Waals surface area contributed by atoms with Crippen molar-refractivity contribution in [2.75, 3.05) is 19.6 Å². The van der Waals surface area contributed by atoms with Gasteiger partial charge in [0, 0.05) is 36.1 Å². The lowest BCUT2D eigenvalue weighted by Gasteiger charge is -2.26. The summed E-state index contributed by atoms with van der Waals surface area (Å²) in [4.78, 5) is 26.8. The van der Waals surface area contributed by atoms with Gasteiger partial charge in [0.25, 0.3) is 0 Å². The predicted molar refractivity (Wildman–Crippen MR) is 166 cm³/mol. The maximum Gasteiger partial charge on any atom is 0.407 e. The third-order valence-electron chi connectivity index (χ3n) is 6.44. The Morgan fingerprint density at radius 3 is 2.15 bits per heavy atom. The molecular formula is C31H45N3O5S2. The zero-order valence-electron chi connectivity index (χ0n) is 25.1. The molecule has 2 amide bonds. The Hall–Kier alpha value is -2.56. The normalized spacial score (nSPS) is 17.9. The number of alkyl carbamates (subject to hydrolysis) is 1. The minimum Gasteiger partial charge on any atom is -0.444 e. The number of hydrogen-bond donors (Lipinski definition) is 2. The smallest absolute Gasteiger partial charge is 0.407 e. The van der Waals surface area contributed by atoms with Gasteiger partial charge in [-0.25, -0.2) is 17.9 Å². The number of nitrogens with zero attached hydrogens (tertiary/aromatic N) is 1. The van der Waals surface area contributed by atoms with Crippen LogP contribution in [-0.2, 0) is 19.6 Å². The summed E-state index contributed by atoms with van der Waals surface area (Å²) in [5.74, 6) is 0.0264. The fraction of sp³-hybridized carbons (Fsp3) is 0.548. The number of ether oxygens (including phenoxy) is 1. The van der Waals surface area contributed by atoms with Crippen molar-refractivity contribution in [2.24, 2.45) is 0 Å². The van der Waals surface area contributed by atoms with Crippen molar-refractivity contribution in [2.45, 2.75) is 93.8 Å². The summed E-state index contributed by atoms with van der Waals surface area (Å²) in [7, 11) is -3.77. The molecular weight excluding hydrogens is 558 g/mol. The first-order valence-corrected chi connectivity index (χ1v) is 16.6. The minimum absolute atomic E-state index is 0.0264. The molecule has 10 heteroatoms. The average molecular weight is 604 g/mol. The second-order valence-corrected chi connectivity index (χ2v) is 16.2. The van der Waals surface area contributed by atoms with Gasteiger partial charge in [0.2, 0.25) is 15.9 Å². The van der Waals surface area contributed by atoms with Gasteiger partial charge >= 0.3 is 6.09 Å². The van der Waals surface area contributed by atoms with E-state index in [1.807, 2.05) is 63.2 Å². The number of benzene rings is 2. The molecule has 2 aromatic rings. The van der Waals surface area contributed by atoms with Crippen LogP contribution in [0.4, 0.5) is 4.79 Å². The first kappa shape index (κ1) is 32.9. The van der Waals surface area contributed by atoms with Crippen LogP contribution >= 0.6 is 11.8 Å². The summed E-state index contributed by atoms with van der Waals surface area (Å²) in [6.45, 7) is 13.1. The molecule has 1 saturated heterocycles. The van der Waals surface area contributed by atoms with Crippen LogP contribution in [0.5, 0.6) is 0 Å². The van der Waals surface area contributed by atoms with Crippen molar-refractivity contribution in [3.05, 3.63) is 54.6 Å². The Balaban J connectivity index is 1.55. The zero-order valence-corrected chi connectivity index (χ0v) is 26.7. The van der Waals surface area contributed by atoms with E-state index in [-0.39, 0.29) is 26.8 Å². The van der Waals surface area contributed by atoms with Crippen molar-refractivity contribution < 1.29 is 22.7 Å². The second-order valence-electron chi connectivity index (χ2n) is 12.4. The summed E-state index contributed by atoms with van der Waals surface area (Å²) < 4.78 is 34.8.